The molecule has 1 unspecified atom stereocenters. The summed E-state index contributed by atoms with van der Waals surface area (Å²) in [5, 5.41) is 7.19. The third kappa shape index (κ3) is 3.61. The molecule has 1 atom stereocenters. The summed E-state index contributed by atoms with van der Waals surface area (Å²) in [7, 11) is 0. The van der Waals surface area contributed by atoms with Gasteiger partial charge in [0.25, 0.3) is 0 Å². The third-order valence-corrected chi connectivity index (χ3v) is 4.55. The van der Waals surface area contributed by atoms with Crippen molar-refractivity contribution >= 4 is 46.1 Å². The predicted molar refractivity (Wildman–Crippen MR) is 83.7 cm³/mol. The number of thiophene rings is 1. The van der Waals surface area contributed by atoms with Gasteiger partial charge in [-0.1, -0.05) is 41.7 Å². The molecule has 0 aliphatic carbocycles. The van der Waals surface area contributed by atoms with E-state index in [1.165, 1.54) is 0 Å². The summed E-state index contributed by atoms with van der Waals surface area (Å²) in [4.78, 5) is 5.37. The molecule has 102 valence electrons. The first-order valence-corrected chi connectivity index (χ1v) is 7.92. The highest BCUT2D eigenvalue weighted by Gasteiger charge is 2.21. The van der Waals surface area contributed by atoms with Crippen LogP contribution in [-0.2, 0) is 0 Å². The number of hydrogen-bond acceptors (Lipinski definition) is 3. The van der Waals surface area contributed by atoms with Gasteiger partial charge < -0.3 is 5.32 Å². The Labute approximate surface area is 131 Å². The molecule has 0 aliphatic rings. The molecule has 0 bridgehead atoms. The lowest BCUT2D eigenvalue weighted by Crippen LogP contribution is -2.23. The van der Waals surface area contributed by atoms with Gasteiger partial charge in [0.2, 0.25) is 0 Å². The summed E-state index contributed by atoms with van der Waals surface area (Å²) in [6.45, 7) is 2.97. The smallest absolute Gasteiger partial charge is 0.0875 e. The summed E-state index contributed by atoms with van der Waals surface area (Å²) in [6.07, 6.45) is 2.62. The highest BCUT2D eigenvalue weighted by atomic mass is 35.5. The van der Waals surface area contributed by atoms with Crippen LogP contribution >= 0.6 is 46.1 Å². The Morgan fingerprint density at radius 1 is 1.32 bits per heavy atom. The minimum atomic E-state index is -0.0998. The Morgan fingerprint density at radius 2 is 2.11 bits per heavy atom. The van der Waals surface area contributed by atoms with Gasteiger partial charge in [-0.25, -0.2) is 0 Å². The van der Waals surface area contributed by atoms with Crippen molar-refractivity contribution in [2.24, 2.45) is 0 Å². The number of rotatable bonds is 5. The molecule has 0 saturated heterocycles. The van der Waals surface area contributed by atoms with Crippen LogP contribution in [0.5, 0.6) is 0 Å². The van der Waals surface area contributed by atoms with Gasteiger partial charge in [0.1, 0.15) is 0 Å². The molecule has 0 spiro atoms. The van der Waals surface area contributed by atoms with Crippen LogP contribution in [0.25, 0.3) is 0 Å². The molecule has 0 aromatic carbocycles. The zero-order valence-corrected chi connectivity index (χ0v) is 13.4. The van der Waals surface area contributed by atoms with E-state index in [9.17, 15) is 0 Å². The fourth-order valence-corrected chi connectivity index (χ4v) is 3.48. The van der Waals surface area contributed by atoms with Crippen molar-refractivity contribution in [3.63, 3.8) is 0 Å². The molecule has 1 N–H and O–H groups in total. The molecular formula is C13H13Cl3N2S. The van der Waals surface area contributed by atoms with Crippen LogP contribution in [0.3, 0.4) is 0 Å². The van der Waals surface area contributed by atoms with E-state index in [1.807, 2.05) is 11.4 Å². The maximum Gasteiger partial charge on any atom is 0.0875 e. The van der Waals surface area contributed by atoms with Crippen LogP contribution in [0, 0.1) is 0 Å². The molecule has 0 amide bonds. The third-order valence-electron chi connectivity index (χ3n) is 2.62. The highest BCUT2D eigenvalue weighted by Crippen LogP contribution is 2.35. The van der Waals surface area contributed by atoms with Crippen LogP contribution in [0.1, 0.15) is 30.0 Å². The SMILES string of the molecule is CCCNC(c1ncc(Cl)cc1Cl)c1sccc1Cl. The van der Waals surface area contributed by atoms with Crippen LogP contribution in [0.2, 0.25) is 15.1 Å². The lowest BCUT2D eigenvalue weighted by molar-refractivity contribution is 0.594. The van der Waals surface area contributed by atoms with Crippen LogP contribution in [-0.4, -0.2) is 11.5 Å². The Balaban J connectivity index is 2.40. The molecule has 2 nitrogen and oxygen atoms in total. The molecule has 2 heterocycles. The molecule has 2 aromatic rings. The van der Waals surface area contributed by atoms with Crippen molar-refractivity contribution in [3.8, 4) is 0 Å². The van der Waals surface area contributed by atoms with E-state index in [1.54, 1.807) is 23.6 Å². The van der Waals surface area contributed by atoms with Crippen LogP contribution in [0.4, 0.5) is 0 Å². The summed E-state index contributed by atoms with van der Waals surface area (Å²) in [6, 6.07) is 3.48. The first-order valence-electron chi connectivity index (χ1n) is 5.90. The van der Waals surface area contributed by atoms with Crippen molar-refractivity contribution in [3.05, 3.63) is 49.3 Å². The number of hydrogen-bond donors (Lipinski definition) is 1. The number of nitrogens with zero attached hydrogens (tertiary/aromatic N) is 1. The Kier molecular flexibility index (Phi) is 5.48. The summed E-state index contributed by atoms with van der Waals surface area (Å²) >= 11 is 19.9. The van der Waals surface area contributed by atoms with Gasteiger partial charge in [-0.15, -0.1) is 11.3 Å². The molecular weight excluding hydrogens is 323 g/mol. The maximum absolute atomic E-state index is 6.25. The lowest BCUT2D eigenvalue weighted by atomic mass is 10.1. The van der Waals surface area contributed by atoms with Gasteiger partial charge in [0.15, 0.2) is 0 Å². The van der Waals surface area contributed by atoms with Crippen molar-refractivity contribution in [1.29, 1.82) is 0 Å². The quantitative estimate of drug-likeness (QED) is 0.813. The second kappa shape index (κ2) is 6.91. The summed E-state index contributed by atoms with van der Waals surface area (Å²) in [5.41, 5.74) is 0.754. The summed E-state index contributed by atoms with van der Waals surface area (Å²) in [5.74, 6) is 0. The topological polar surface area (TPSA) is 24.9 Å². The molecule has 19 heavy (non-hydrogen) atoms. The van der Waals surface area contributed by atoms with Gasteiger partial charge in [-0.05, 0) is 30.5 Å². The largest absolute Gasteiger partial charge is 0.304 e. The van der Waals surface area contributed by atoms with Crippen LogP contribution in [0.15, 0.2) is 23.7 Å². The molecule has 0 aliphatic heterocycles. The normalized spacial score (nSPS) is 12.6. The maximum atomic E-state index is 6.25. The van der Waals surface area contributed by atoms with E-state index in [2.05, 4.69) is 17.2 Å². The fraction of sp³-hybridized carbons (Fsp3) is 0.308. The fourth-order valence-electron chi connectivity index (χ4n) is 1.75. The predicted octanol–water partition coefficient (Wildman–Crippen LogP) is 5.19. The minimum absolute atomic E-state index is 0.0998. The number of pyridine rings is 1. The van der Waals surface area contributed by atoms with Gasteiger partial charge in [0, 0.05) is 11.1 Å². The monoisotopic (exact) mass is 334 g/mol. The van der Waals surface area contributed by atoms with E-state index in [0.29, 0.717) is 10.0 Å². The van der Waals surface area contributed by atoms with Crippen molar-refractivity contribution < 1.29 is 0 Å². The molecule has 0 saturated carbocycles. The first-order chi connectivity index (χ1) is 9.13. The Bertz CT molecular complexity index is 557. The molecule has 6 heteroatoms. The summed E-state index contributed by atoms with van der Waals surface area (Å²) < 4.78 is 0. The van der Waals surface area contributed by atoms with Gasteiger partial charge in [-0.2, -0.15) is 0 Å². The molecule has 2 rings (SSSR count). The zero-order chi connectivity index (χ0) is 13.8. The second-order valence-electron chi connectivity index (χ2n) is 4.04. The van der Waals surface area contributed by atoms with Crippen molar-refractivity contribution in [2.75, 3.05) is 6.54 Å². The van der Waals surface area contributed by atoms with Gasteiger partial charge >= 0.3 is 0 Å². The average molecular weight is 336 g/mol. The Morgan fingerprint density at radius 3 is 2.68 bits per heavy atom. The van der Waals surface area contributed by atoms with Gasteiger partial charge in [0.05, 0.1) is 26.8 Å². The molecule has 0 radical (unpaired) electrons. The number of halogens is 3. The number of nitrogens with one attached hydrogen (secondary N) is 1. The van der Waals surface area contributed by atoms with E-state index in [-0.39, 0.29) is 6.04 Å². The average Bonchev–Trinajstić information content (AvgIpc) is 2.78. The number of aromatic nitrogens is 1. The highest BCUT2D eigenvalue weighted by molar-refractivity contribution is 7.10. The Hall–Kier alpha value is -0.320. The second-order valence-corrected chi connectivity index (χ2v) is 6.24. The lowest BCUT2D eigenvalue weighted by Gasteiger charge is -2.18. The standard InChI is InChI=1S/C13H13Cl3N2S/c1-2-4-17-12(13-9(15)3-5-19-13)11-10(16)6-8(14)7-18-11/h3,5-7,12,17H,2,4H2,1H3. The van der Waals surface area contributed by atoms with E-state index >= 15 is 0 Å². The molecule has 0 fully saturated rings. The molecule has 2 aromatic heterocycles. The van der Waals surface area contributed by atoms with Crippen molar-refractivity contribution in [2.45, 2.75) is 19.4 Å². The van der Waals surface area contributed by atoms with Gasteiger partial charge in [-0.3, -0.25) is 4.98 Å². The first kappa shape index (κ1) is 15.1. The zero-order valence-electron chi connectivity index (χ0n) is 10.3. The van der Waals surface area contributed by atoms with Crippen LogP contribution < -0.4 is 5.32 Å². The van der Waals surface area contributed by atoms with E-state index in [4.69, 9.17) is 34.8 Å². The van der Waals surface area contributed by atoms with Crippen molar-refractivity contribution in [1.82, 2.24) is 10.3 Å². The van der Waals surface area contributed by atoms with E-state index in [0.717, 1.165) is 28.6 Å². The minimum Gasteiger partial charge on any atom is -0.304 e. The van der Waals surface area contributed by atoms with E-state index < -0.39 is 0 Å².